The van der Waals surface area contributed by atoms with E-state index in [2.05, 4.69) is 4.98 Å². The highest BCUT2D eigenvalue weighted by Crippen LogP contribution is 2.23. The monoisotopic (exact) mass is 281 g/mol. The molecule has 0 unspecified atom stereocenters. The summed E-state index contributed by atoms with van der Waals surface area (Å²) in [5.74, 6) is -1.69. The summed E-state index contributed by atoms with van der Waals surface area (Å²) in [6, 6.07) is 2.53. The maximum absolute atomic E-state index is 13.7. The van der Waals surface area contributed by atoms with Crippen LogP contribution in [-0.2, 0) is 13.0 Å². The number of aromatic nitrogens is 2. The van der Waals surface area contributed by atoms with E-state index in [4.69, 9.17) is 10.5 Å². The molecule has 2 aromatic rings. The van der Waals surface area contributed by atoms with Gasteiger partial charge >= 0.3 is 0 Å². The molecule has 1 aromatic heterocycles. The van der Waals surface area contributed by atoms with E-state index in [-0.39, 0.29) is 12.4 Å². The molecule has 6 heteroatoms. The van der Waals surface area contributed by atoms with E-state index in [0.717, 1.165) is 0 Å². The van der Waals surface area contributed by atoms with Crippen molar-refractivity contribution in [1.82, 2.24) is 9.55 Å². The van der Waals surface area contributed by atoms with Gasteiger partial charge < -0.3 is 15.0 Å². The third kappa shape index (κ3) is 3.77. The normalized spacial score (nSPS) is 10.8. The predicted octanol–water partition coefficient (Wildman–Crippen LogP) is 2.13. The molecule has 0 spiro atoms. The van der Waals surface area contributed by atoms with E-state index in [0.29, 0.717) is 31.5 Å². The van der Waals surface area contributed by atoms with E-state index in [1.165, 1.54) is 12.1 Å². The topological polar surface area (TPSA) is 53.1 Å². The van der Waals surface area contributed by atoms with Crippen molar-refractivity contribution in [2.75, 3.05) is 13.2 Å². The summed E-state index contributed by atoms with van der Waals surface area (Å²) in [6.45, 7) is 1.28. The van der Waals surface area contributed by atoms with Crippen LogP contribution in [0.1, 0.15) is 12.0 Å². The standard InChI is InChI=1S/C14H17F2N3O/c15-12-8-11(2-3-17)9-13(16)14(12)20-7-1-5-19-6-4-18-10-19/h4,6,8-10H,1-3,5,7,17H2. The third-order valence-corrected chi connectivity index (χ3v) is 2.86. The molecule has 108 valence electrons. The molecule has 0 aliphatic carbocycles. The fourth-order valence-electron chi connectivity index (χ4n) is 1.90. The van der Waals surface area contributed by atoms with Crippen molar-refractivity contribution in [1.29, 1.82) is 0 Å². The van der Waals surface area contributed by atoms with Gasteiger partial charge in [-0.05, 0) is 37.1 Å². The zero-order valence-electron chi connectivity index (χ0n) is 11.1. The van der Waals surface area contributed by atoms with Gasteiger partial charge in [-0.15, -0.1) is 0 Å². The number of imidazole rings is 1. The highest BCUT2D eigenvalue weighted by atomic mass is 19.1. The van der Waals surface area contributed by atoms with Crippen LogP contribution < -0.4 is 10.5 Å². The van der Waals surface area contributed by atoms with E-state index < -0.39 is 11.6 Å². The summed E-state index contributed by atoms with van der Waals surface area (Å²) >= 11 is 0. The minimum atomic E-state index is -0.684. The smallest absolute Gasteiger partial charge is 0.190 e. The Balaban J connectivity index is 1.89. The number of nitrogens with zero attached hydrogens (tertiary/aromatic N) is 2. The Morgan fingerprint density at radius 1 is 1.25 bits per heavy atom. The zero-order valence-corrected chi connectivity index (χ0v) is 11.1. The lowest BCUT2D eigenvalue weighted by molar-refractivity contribution is 0.272. The second kappa shape index (κ2) is 7.00. The van der Waals surface area contributed by atoms with Gasteiger partial charge in [-0.2, -0.15) is 0 Å². The van der Waals surface area contributed by atoms with Crippen LogP contribution in [0.25, 0.3) is 0 Å². The van der Waals surface area contributed by atoms with Crippen LogP contribution in [-0.4, -0.2) is 22.7 Å². The van der Waals surface area contributed by atoms with Crippen molar-refractivity contribution in [3.63, 3.8) is 0 Å². The number of hydrogen-bond donors (Lipinski definition) is 1. The Kier molecular flexibility index (Phi) is 5.06. The van der Waals surface area contributed by atoms with E-state index in [9.17, 15) is 8.78 Å². The number of ether oxygens (including phenoxy) is 1. The Labute approximate surface area is 116 Å². The first-order valence-corrected chi connectivity index (χ1v) is 6.47. The minimum Gasteiger partial charge on any atom is -0.488 e. The number of nitrogens with two attached hydrogens (primary N) is 1. The second-order valence-corrected chi connectivity index (χ2v) is 4.43. The Morgan fingerprint density at radius 3 is 2.60 bits per heavy atom. The van der Waals surface area contributed by atoms with E-state index in [1.54, 1.807) is 12.5 Å². The van der Waals surface area contributed by atoms with Gasteiger partial charge in [-0.1, -0.05) is 0 Å². The molecular weight excluding hydrogens is 264 g/mol. The Hall–Kier alpha value is -1.95. The van der Waals surface area contributed by atoms with Gasteiger partial charge in [0.15, 0.2) is 17.4 Å². The molecular formula is C14H17F2N3O. The first kappa shape index (κ1) is 14.5. The molecule has 0 atom stereocenters. The highest BCUT2D eigenvalue weighted by Gasteiger charge is 2.12. The zero-order chi connectivity index (χ0) is 14.4. The average molecular weight is 281 g/mol. The summed E-state index contributed by atoms with van der Waals surface area (Å²) < 4.78 is 34.5. The number of hydrogen-bond acceptors (Lipinski definition) is 3. The molecule has 0 amide bonds. The Morgan fingerprint density at radius 2 is 2.00 bits per heavy atom. The molecule has 0 saturated carbocycles. The van der Waals surface area contributed by atoms with Gasteiger partial charge in [0, 0.05) is 18.9 Å². The van der Waals surface area contributed by atoms with Crippen molar-refractivity contribution < 1.29 is 13.5 Å². The summed E-state index contributed by atoms with van der Waals surface area (Å²) in [4.78, 5) is 3.91. The van der Waals surface area contributed by atoms with Crippen LogP contribution in [0.15, 0.2) is 30.9 Å². The van der Waals surface area contributed by atoms with Gasteiger partial charge in [-0.25, -0.2) is 13.8 Å². The first-order valence-electron chi connectivity index (χ1n) is 6.47. The fraction of sp³-hybridized carbons (Fsp3) is 0.357. The molecule has 2 N–H and O–H groups in total. The van der Waals surface area contributed by atoms with Crippen molar-refractivity contribution in [2.45, 2.75) is 19.4 Å². The van der Waals surface area contributed by atoms with Crippen molar-refractivity contribution in [3.05, 3.63) is 48.1 Å². The van der Waals surface area contributed by atoms with E-state index in [1.807, 2.05) is 10.8 Å². The maximum Gasteiger partial charge on any atom is 0.190 e. The highest BCUT2D eigenvalue weighted by molar-refractivity contribution is 5.31. The number of benzene rings is 1. The van der Waals surface area contributed by atoms with Crippen molar-refractivity contribution in [2.24, 2.45) is 5.73 Å². The molecule has 0 fully saturated rings. The summed E-state index contributed by atoms with van der Waals surface area (Å²) in [7, 11) is 0. The Bertz CT molecular complexity index is 520. The molecule has 20 heavy (non-hydrogen) atoms. The molecule has 1 aromatic carbocycles. The third-order valence-electron chi connectivity index (χ3n) is 2.86. The van der Waals surface area contributed by atoms with Crippen molar-refractivity contribution in [3.8, 4) is 5.75 Å². The van der Waals surface area contributed by atoms with Gasteiger partial charge in [0.1, 0.15) is 0 Å². The van der Waals surface area contributed by atoms with Crippen LogP contribution in [0.4, 0.5) is 8.78 Å². The van der Waals surface area contributed by atoms with Crippen LogP contribution in [0, 0.1) is 11.6 Å². The van der Waals surface area contributed by atoms with Crippen molar-refractivity contribution >= 4 is 0 Å². The van der Waals surface area contributed by atoms with E-state index >= 15 is 0 Å². The van der Waals surface area contributed by atoms with Gasteiger partial charge in [-0.3, -0.25) is 0 Å². The summed E-state index contributed by atoms with van der Waals surface area (Å²) in [5, 5.41) is 0. The fourth-order valence-corrected chi connectivity index (χ4v) is 1.90. The molecule has 1 heterocycles. The predicted molar refractivity (Wildman–Crippen MR) is 71.5 cm³/mol. The molecule has 0 aliphatic heterocycles. The maximum atomic E-state index is 13.7. The lowest BCUT2D eigenvalue weighted by Crippen LogP contribution is -2.07. The average Bonchev–Trinajstić information content (AvgIpc) is 2.90. The van der Waals surface area contributed by atoms with Crippen LogP contribution in [0.3, 0.4) is 0 Å². The number of rotatable bonds is 7. The first-order chi connectivity index (χ1) is 9.70. The largest absolute Gasteiger partial charge is 0.488 e. The molecule has 0 saturated heterocycles. The SMILES string of the molecule is NCCc1cc(F)c(OCCCn2ccnc2)c(F)c1. The molecule has 0 radical (unpaired) electrons. The summed E-state index contributed by atoms with van der Waals surface area (Å²) in [5.41, 5.74) is 5.90. The van der Waals surface area contributed by atoms with Gasteiger partial charge in [0.05, 0.1) is 12.9 Å². The lowest BCUT2D eigenvalue weighted by atomic mass is 10.1. The molecule has 0 bridgehead atoms. The lowest BCUT2D eigenvalue weighted by Gasteiger charge is -2.10. The summed E-state index contributed by atoms with van der Waals surface area (Å²) in [6.07, 6.45) is 6.26. The number of aryl methyl sites for hydroxylation is 1. The van der Waals surface area contributed by atoms with Gasteiger partial charge in [0.25, 0.3) is 0 Å². The molecule has 4 nitrogen and oxygen atoms in total. The van der Waals surface area contributed by atoms with Gasteiger partial charge in [0.2, 0.25) is 0 Å². The quantitative estimate of drug-likeness (QED) is 0.791. The van der Waals surface area contributed by atoms with Crippen LogP contribution >= 0.6 is 0 Å². The number of halogens is 2. The minimum absolute atomic E-state index is 0.238. The second-order valence-electron chi connectivity index (χ2n) is 4.43. The molecule has 0 aliphatic rings. The van der Waals surface area contributed by atoms with Crippen LogP contribution in [0.5, 0.6) is 5.75 Å². The molecule has 2 rings (SSSR count). The van der Waals surface area contributed by atoms with Crippen LogP contribution in [0.2, 0.25) is 0 Å².